The Morgan fingerprint density at radius 2 is 1.90 bits per heavy atom. The minimum Gasteiger partial charge on any atom is -0.332 e. The summed E-state index contributed by atoms with van der Waals surface area (Å²) >= 11 is 0. The fourth-order valence-corrected chi connectivity index (χ4v) is 3.38. The monoisotopic (exact) mass is 272 g/mol. The first-order valence-corrected chi connectivity index (χ1v) is 7.86. The molecule has 0 fully saturated rings. The molecule has 0 saturated carbocycles. The molecule has 2 heteroatoms. The van der Waals surface area contributed by atoms with Crippen molar-refractivity contribution >= 4 is 0 Å². The first kappa shape index (κ1) is 15.1. The lowest BCUT2D eigenvalue weighted by Gasteiger charge is -2.27. The zero-order valence-corrected chi connectivity index (χ0v) is 13.8. The third-order valence-electron chi connectivity index (χ3n) is 4.50. The van der Waals surface area contributed by atoms with E-state index >= 15 is 0 Å². The lowest BCUT2D eigenvalue weighted by Crippen LogP contribution is -2.19. The Morgan fingerprint density at radius 3 is 2.50 bits per heavy atom. The summed E-state index contributed by atoms with van der Waals surface area (Å²) in [5.41, 5.74) is 5.34. The molecule has 20 heavy (non-hydrogen) atoms. The lowest BCUT2D eigenvalue weighted by molar-refractivity contribution is 0.513. The van der Waals surface area contributed by atoms with Crippen LogP contribution in [0.15, 0.2) is 23.3 Å². The van der Waals surface area contributed by atoms with E-state index in [-0.39, 0.29) is 0 Å². The van der Waals surface area contributed by atoms with Crippen LogP contribution in [0.2, 0.25) is 0 Å². The van der Waals surface area contributed by atoms with Gasteiger partial charge in [0.15, 0.2) is 0 Å². The van der Waals surface area contributed by atoms with E-state index in [4.69, 9.17) is 4.98 Å². The van der Waals surface area contributed by atoms with Gasteiger partial charge in [0.25, 0.3) is 0 Å². The van der Waals surface area contributed by atoms with Crippen LogP contribution in [0.5, 0.6) is 0 Å². The number of imidazole rings is 1. The van der Waals surface area contributed by atoms with Crippen LogP contribution >= 0.6 is 0 Å². The molecule has 0 N–H and O–H groups in total. The lowest BCUT2D eigenvalue weighted by atomic mass is 9.81. The predicted octanol–water partition coefficient (Wildman–Crippen LogP) is 4.93. The second-order valence-electron chi connectivity index (χ2n) is 6.28. The van der Waals surface area contributed by atoms with Gasteiger partial charge >= 0.3 is 0 Å². The first-order chi connectivity index (χ1) is 9.45. The minimum absolute atomic E-state index is 0.433. The SMILES string of the molecule is CCCCn1c(C2C(C)=CC(C)=CC2C)nc(C)c1C. The van der Waals surface area contributed by atoms with Gasteiger partial charge in [-0.1, -0.05) is 43.6 Å². The highest BCUT2D eigenvalue weighted by Gasteiger charge is 2.28. The maximum atomic E-state index is 4.91. The molecule has 2 unspecified atom stereocenters. The van der Waals surface area contributed by atoms with Gasteiger partial charge in [-0.2, -0.15) is 0 Å². The summed E-state index contributed by atoms with van der Waals surface area (Å²) in [6.45, 7) is 14.4. The van der Waals surface area contributed by atoms with Crippen molar-refractivity contribution in [2.24, 2.45) is 5.92 Å². The Morgan fingerprint density at radius 1 is 1.20 bits per heavy atom. The van der Waals surface area contributed by atoms with Gasteiger partial charge in [0.2, 0.25) is 0 Å². The van der Waals surface area contributed by atoms with Crippen molar-refractivity contribution in [1.29, 1.82) is 0 Å². The fourth-order valence-electron chi connectivity index (χ4n) is 3.38. The van der Waals surface area contributed by atoms with Crippen LogP contribution in [-0.2, 0) is 6.54 Å². The molecule has 1 aromatic rings. The fraction of sp³-hybridized carbons (Fsp3) is 0.611. The molecule has 1 heterocycles. The molecular formula is C18H28N2. The van der Waals surface area contributed by atoms with Crippen molar-refractivity contribution in [2.45, 2.75) is 66.8 Å². The zero-order valence-electron chi connectivity index (χ0n) is 13.8. The number of allylic oxidation sites excluding steroid dienone is 4. The average Bonchev–Trinajstić information content (AvgIpc) is 2.62. The topological polar surface area (TPSA) is 17.8 Å². The van der Waals surface area contributed by atoms with E-state index in [2.05, 4.69) is 58.3 Å². The quantitative estimate of drug-likeness (QED) is 0.760. The van der Waals surface area contributed by atoms with Crippen molar-refractivity contribution in [1.82, 2.24) is 9.55 Å². The van der Waals surface area contributed by atoms with E-state index < -0.39 is 0 Å². The number of hydrogen-bond acceptors (Lipinski definition) is 1. The van der Waals surface area contributed by atoms with Crippen molar-refractivity contribution in [3.8, 4) is 0 Å². The predicted molar refractivity (Wildman–Crippen MR) is 86.0 cm³/mol. The molecule has 2 rings (SSSR count). The molecule has 0 saturated heterocycles. The highest BCUT2D eigenvalue weighted by molar-refractivity contribution is 5.35. The normalized spacial score (nSPS) is 22.7. The van der Waals surface area contributed by atoms with Gasteiger partial charge < -0.3 is 4.57 Å². The number of hydrogen-bond donors (Lipinski definition) is 0. The van der Waals surface area contributed by atoms with Gasteiger partial charge in [-0.3, -0.25) is 0 Å². The minimum atomic E-state index is 0.433. The summed E-state index contributed by atoms with van der Waals surface area (Å²) in [7, 11) is 0. The average molecular weight is 272 g/mol. The summed E-state index contributed by atoms with van der Waals surface area (Å²) in [5, 5.41) is 0. The van der Waals surface area contributed by atoms with Crippen LogP contribution in [0.25, 0.3) is 0 Å². The number of aromatic nitrogens is 2. The molecule has 0 spiro atoms. The van der Waals surface area contributed by atoms with E-state index in [0.717, 1.165) is 6.54 Å². The number of rotatable bonds is 4. The third kappa shape index (κ3) is 2.74. The number of aryl methyl sites for hydroxylation is 1. The second kappa shape index (κ2) is 5.99. The molecule has 0 amide bonds. The molecular weight excluding hydrogens is 244 g/mol. The molecule has 1 aromatic heterocycles. The summed E-state index contributed by atoms with van der Waals surface area (Å²) in [6, 6.07) is 0. The second-order valence-corrected chi connectivity index (χ2v) is 6.28. The van der Waals surface area contributed by atoms with Gasteiger partial charge in [0, 0.05) is 18.2 Å². The molecule has 0 aliphatic heterocycles. The molecule has 0 aromatic carbocycles. The van der Waals surface area contributed by atoms with Gasteiger partial charge in [0.1, 0.15) is 5.82 Å². The standard InChI is InChI=1S/C18H28N2/c1-7-8-9-20-16(6)15(5)19-18(20)17-13(3)10-12(2)11-14(17)4/h10-11,13,17H,7-9H2,1-6H3. The Labute approximate surface area is 123 Å². The molecule has 0 bridgehead atoms. The van der Waals surface area contributed by atoms with E-state index in [1.165, 1.54) is 41.2 Å². The maximum Gasteiger partial charge on any atom is 0.116 e. The molecule has 1 aliphatic rings. The largest absolute Gasteiger partial charge is 0.332 e. The van der Waals surface area contributed by atoms with Crippen LogP contribution < -0.4 is 0 Å². The van der Waals surface area contributed by atoms with Crippen LogP contribution in [0.1, 0.15) is 63.7 Å². The Bertz CT molecular complexity index is 546. The first-order valence-electron chi connectivity index (χ1n) is 7.86. The van der Waals surface area contributed by atoms with E-state index in [0.29, 0.717) is 11.8 Å². The highest BCUT2D eigenvalue weighted by atomic mass is 15.1. The molecule has 2 nitrogen and oxygen atoms in total. The molecule has 1 aliphatic carbocycles. The summed E-state index contributed by atoms with van der Waals surface area (Å²) in [5.74, 6) is 2.22. The van der Waals surface area contributed by atoms with Gasteiger partial charge in [-0.15, -0.1) is 0 Å². The Hall–Kier alpha value is -1.31. The van der Waals surface area contributed by atoms with E-state index in [1.807, 2.05) is 0 Å². The zero-order chi connectivity index (χ0) is 14.9. The van der Waals surface area contributed by atoms with Crippen molar-refractivity contribution < 1.29 is 0 Å². The van der Waals surface area contributed by atoms with E-state index in [9.17, 15) is 0 Å². The summed E-state index contributed by atoms with van der Waals surface area (Å²) in [6.07, 6.45) is 7.14. The summed E-state index contributed by atoms with van der Waals surface area (Å²) < 4.78 is 2.45. The summed E-state index contributed by atoms with van der Waals surface area (Å²) in [4.78, 5) is 4.91. The highest BCUT2D eigenvalue weighted by Crippen LogP contribution is 2.37. The molecule has 110 valence electrons. The van der Waals surface area contributed by atoms with Gasteiger partial charge in [-0.05, 0) is 40.0 Å². The van der Waals surface area contributed by atoms with Crippen molar-refractivity contribution in [3.63, 3.8) is 0 Å². The Balaban J connectivity index is 2.42. The number of unbranched alkanes of at least 4 members (excludes halogenated alkanes) is 1. The molecule has 2 atom stereocenters. The van der Waals surface area contributed by atoms with Crippen LogP contribution in [0.3, 0.4) is 0 Å². The Kier molecular flexibility index (Phi) is 4.52. The smallest absolute Gasteiger partial charge is 0.116 e. The van der Waals surface area contributed by atoms with Gasteiger partial charge in [0.05, 0.1) is 5.69 Å². The maximum absolute atomic E-state index is 4.91. The van der Waals surface area contributed by atoms with Crippen molar-refractivity contribution in [3.05, 3.63) is 40.5 Å². The van der Waals surface area contributed by atoms with Crippen LogP contribution in [0.4, 0.5) is 0 Å². The molecule has 0 radical (unpaired) electrons. The van der Waals surface area contributed by atoms with Crippen LogP contribution in [-0.4, -0.2) is 9.55 Å². The van der Waals surface area contributed by atoms with Crippen molar-refractivity contribution in [2.75, 3.05) is 0 Å². The number of nitrogens with zero attached hydrogens (tertiary/aromatic N) is 2. The van der Waals surface area contributed by atoms with Crippen LogP contribution in [0, 0.1) is 19.8 Å². The third-order valence-corrected chi connectivity index (χ3v) is 4.50. The van der Waals surface area contributed by atoms with Gasteiger partial charge in [-0.25, -0.2) is 4.98 Å². The van der Waals surface area contributed by atoms with E-state index in [1.54, 1.807) is 0 Å².